The van der Waals surface area contributed by atoms with E-state index in [9.17, 15) is 14.7 Å². The van der Waals surface area contributed by atoms with E-state index in [0.29, 0.717) is 22.7 Å². The first-order valence-corrected chi connectivity index (χ1v) is 8.24. The maximum atomic E-state index is 12.9. The Bertz CT molecular complexity index is 647. The van der Waals surface area contributed by atoms with Gasteiger partial charge in [0.25, 0.3) is 5.91 Å². The molecule has 0 fully saturated rings. The highest BCUT2D eigenvalue weighted by Crippen LogP contribution is 2.26. The maximum Gasteiger partial charge on any atom is 0.266 e. The average molecular weight is 336 g/mol. The third kappa shape index (κ3) is 4.20. The minimum atomic E-state index is -0.320. The van der Waals surface area contributed by atoms with Gasteiger partial charge >= 0.3 is 0 Å². The fraction of sp³-hybridized carbons (Fsp3) is 0.375. The molecule has 0 spiro atoms. The summed E-state index contributed by atoms with van der Waals surface area (Å²) in [6.45, 7) is 3.44. The quantitative estimate of drug-likeness (QED) is 0.814. The molecule has 0 bridgehead atoms. The summed E-state index contributed by atoms with van der Waals surface area (Å²) in [7, 11) is 0. The Morgan fingerprint density at radius 3 is 2.78 bits per heavy atom. The highest BCUT2D eigenvalue weighted by molar-refractivity contribution is 7.12. The molecule has 124 valence electrons. The molecule has 0 aliphatic rings. The van der Waals surface area contributed by atoms with Crippen molar-refractivity contribution in [3.05, 3.63) is 40.5 Å². The van der Waals surface area contributed by atoms with Crippen LogP contribution in [-0.2, 0) is 11.3 Å². The summed E-state index contributed by atoms with van der Waals surface area (Å²) in [4.78, 5) is 26.2. The molecule has 1 atom stereocenters. The molecule has 7 heteroatoms. The normalized spacial score (nSPS) is 12.0. The molecule has 0 radical (unpaired) electrons. The number of aliphatic hydroxyl groups excluding tert-OH is 1. The first kappa shape index (κ1) is 17.2. The Balaban J connectivity index is 2.29. The van der Waals surface area contributed by atoms with Gasteiger partial charge in [-0.25, -0.2) is 0 Å². The SMILES string of the molecule is CCC(CO)N(Cc1ccco1)C(=O)c1sccc1NC(C)=O. The predicted octanol–water partition coefficient (Wildman–Crippen LogP) is 2.71. The second-order valence-electron chi connectivity index (χ2n) is 5.10. The Labute approximate surface area is 138 Å². The molecule has 0 aromatic carbocycles. The fourth-order valence-corrected chi connectivity index (χ4v) is 3.08. The van der Waals surface area contributed by atoms with Gasteiger partial charge in [0.05, 0.1) is 31.1 Å². The van der Waals surface area contributed by atoms with Crippen LogP contribution in [0, 0.1) is 0 Å². The molecule has 2 aromatic heterocycles. The van der Waals surface area contributed by atoms with E-state index in [-0.39, 0.29) is 31.0 Å². The zero-order valence-corrected chi connectivity index (χ0v) is 13.9. The first-order chi connectivity index (χ1) is 11.1. The van der Waals surface area contributed by atoms with Crippen LogP contribution in [0.2, 0.25) is 0 Å². The molecule has 0 aliphatic heterocycles. The number of aliphatic hydroxyl groups is 1. The van der Waals surface area contributed by atoms with Crippen molar-refractivity contribution in [2.75, 3.05) is 11.9 Å². The van der Waals surface area contributed by atoms with Crippen LogP contribution in [0.25, 0.3) is 0 Å². The van der Waals surface area contributed by atoms with E-state index in [0.717, 1.165) is 0 Å². The van der Waals surface area contributed by atoms with Gasteiger partial charge < -0.3 is 19.7 Å². The van der Waals surface area contributed by atoms with Gasteiger partial charge in [0, 0.05) is 6.92 Å². The smallest absolute Gasteiger partial charge is 0.266 e. The molecule has 0 aliphatic carbocycles. The van der Waals surface area contributed by atoms with Gasteiger partial charge in [-0.15, -0.1) is 11.3 Å². The van der Waals surface area contributed by atoms with Crippen molar-refractivity contribution < 1.29 is 19.1 Å². The molecule has 6 nitrogen and oxygen atoms in total. The molecular weight excluding hydrogens is 316 g/mol. The molecule has 2 amide bonds. The number of nitrogens with one attached hydrogen (secondary N) is 1. The highest BCUT2D eigenvalue weighted by atomic mass is 32.1. The first-order valence-electron chi connectivity index (χ1n) is 7.36. The van der Waals surface area contributed by atoms with E-state index < -0.39 is 0 Å². The number of thiophene rings is 1. The van der Waals surface area contributed by atoms with Gasteiger partial charge in [0.2, 0.25) is 5.91 Å². The van der Waals surface area contributed by atoms with Crippen LogP contribution >= 0.6 is 11.3 Å². The third-order valence-corrected chi connectivity index (χ3v) is 4.36. The minimum Gasteiger partial charge on any atom is -0.467 e. The number of carbonyl (C=O) groups is 2. The molecule has 23 heavy (non-hydrogen) atoms. The number of anilines is 1. The maximum absolute atomic E-state index is 12.9. The van der Waals surface area contributed by atoms with Gasteiger partial charge in [-0.1, -0.05) is 6.92 Å². The Hall–Kier alpha value is -2.12. The molecular formula is C16H20N2O4S. The number of nitrogens with zero attached hydrogens (tertiary/aromatic N) is 1. The summed E-state index contributed by atoms with van der Waals surface area (Å²) >= 11 is 1.26. The van der Waals surface area contributed by atoms with E-state index in [1.165, 1.54) is 18.3 Å². The Kier molecular flexibility index (Phi) is 5.95. The van der Waals surface area contributed by atoms with Crippen molar-refractivity contribution in [2.24, 2.45) is 0 Å². The van der Waals surface area contributed by atoms with Crippen LogP contribution in [0.5, 0.6) is 0 Å². The highest BCUT2D eigenvalue weighted by Gasteiger charge is 2.27. The van der Waals surface area contributed by atoms with Crippen molar-refractivity contribution in [2.45, 2.75) is 32.9 Å². The number of carbonyl (C=O) groups excluding carboxylic acids is 2. The van der Waals surface area contributed by atoms with Crippen molar-refractivity contribution in [1.29, 1.82) is 0 Å². The summed E-state index contributed by atoms with van der Waals surface area (Å²) < 4.78 is 5.32. The molecule has 0 saturated heterocycles. The standard InChI is InChI=1S/C16H20N2O4S/c1-3-12(10-19)18(9-13-5-4-7-22-13)16(21)15-14(6-8-23-15)17-11(2)20/h4-8,12,19H,3,9-10H2,1-2H3,(H,17,20). The number of furan rings is 1. The monoisotopic (exact) mass is 336 g/mol. The predicted molar refractivity (Wildman–Crippen MR) is 88.4 cm³/mol. The second-order valence-corrected chi connectivity index (χ2v) is 6.02. The number of hydrogen-bond acceptors (Lipinski definition) is 5. The van der Waals surface area contributed by atoms with E-state index in [1.54, 1.807) is 34.7 Å². The molecule has 2 heterocycles. The summed E-state index contributed by atoms with van der Waals surface area (Å²) in [6, 6.07) is 4.92. The van der Waals surface area contributed by atoms with Crippen LogP contribution in [-0.4, -0.2) is 34.5 Å². The Morgan fingerprint density at radius 2 is 2.22 bits per heavy atom. The zero-order valence-electron chi connectivity index (χ0n) is 13.1. The van der Waals surface area contributed by atoms with Crippen LogP contribution in [0.3, 0.4) is 0 Å². The van der Waals surface area contributed by atoms with Crippen molar-refractivity contribution in [1.82, 2.24) is 4.90 Å². The fourth-order valence-electron chi connectivity index (χ4n) is 2.28. The van der Waals surface area contributed by atoms with Crippen LogP contribution in [0.4, 0.5) is 5.69 Å². The molecule has 2 rings (SSSR count). The molecule has 1 unspecified atom stereocenters. The third-order valence-electron chi connectivity index (χ3n) is 3.46. The summed E-state index contributed by atoms with van der Waals surface area (Å²) in [5, 5.41) is 14.0. The number of amides is 2. The lowest BCUT2D eigenvalue weighted by Gasteiger charge is -2.29. The van der Waals surface area contributed by atoms with Gasteiger partial charge in [-0.2, -0.15) is 0 Å². The van der Waals surface area contributed by atoms with Crippen molar-refractivity contribution in [3.8, 4) is 0 Å². The van der Waals surface area contributed by atoms with Gasteiger partial charge in [0.15, 0.2) is 0 Å². The lowest BCUT2D eigenvalue weighted by molar-refractivity contribution is -0.114. The van der Waals surface area contributed by atoms with E-state index in [4.69, 9.17) is 4.42 Å². The number of rotatable bonds is 7. The van der Waals surface area contributed by atoms with Gasteiger partial charge in [-0.3, -0.25) is 9.59 Å². The largest absolute Gasteiger partial charge is 0.467 e. The minimum absolute atomic E-state index is 0.135. The van der Waals surface area contributed by atoms with E-state index >= 15 is 0 Å². The lowest BCUT2D eigenvalue weighted by atomic mass is 10.1. The average Bonchev–Trinajstić information content (AvgIpc) is 3.17. The van der Waals surface area contributed by atoms with Crippen LogP contribution in [0.1, 0.15) is 35.7 Å². The van der Waals surface area contributed by atoms with Crippen LogP contribution < -0.4 is 5.32 Å². The Morgan fingerprint density at radius 1 is 1.43 bits per heavy atom. The molecule has 2 N–H and O–H groups in total. The summed E-state index contributed by atoms with van der Waals surface area (Å²) in [5.74, 6) is 0.174. The number of hydrogen-bond donors (Lipinski definition) is 2. The van der Waals surface area contributed by atoms with Crippen molar-refractivity contribution >= 4 is 28.8 Å². The molecule has 2 aromatic rings. The van der Waals surface area contributed by atoms with Gasteiger partial charge in [0.1, 0.15) is 10.6 Å². The van der Waals surface area contributed by atoms with Gasteiger partial charge in [-0.05, 0) is 30.0 Å². The molecule has 0 saturated carbocycles. The topological polar surface area (TPSA) is 82.8 Å². The zero-order chi connectivity index (χ0) is 16.8. The second kappa shape index (κ2) is 7.94. The summed E-state index contributed by atoms with van der Waals surface area (Å²) in [6.07, 6.45) is 2.16. The van der Waals surface area contributed by atoms with Crippen molar-refractivity contribution in [3.63, 3.8) is 0 Å². The van der Waals surface area contributed by atoms with Crippen LogP contribution in [0.15, 0.2) is 34.3 Å². The van der Waals surface area contributed by atoms with E-state index in [1.807, 2.05) is 6.92 Å². The summed E-state index contributed by atoms with van der Waals surface area (Å²) in [5.41, 5.74) is 0.490. The lowest BCUT2D eigenvalue weighted by Crippen LogP contribution is -2.41. The van der Waals surface area contributed by atoms with E-state index in [2.05, 4.69) is 5.32 Å².